The molecule has 2 aromatic heterocycles. The Hall–Kier alpha value is -9.04. The maximum Gasteiger partial charge on any atom is 0.305 e. The highest BCUT2D eigenvalue weighted by Crippen LogP contribution is 2.36. The van der Waals surface area contributed by atoms with E-state index in [2.05, 4.69) is 20.4 Å². The summed E-state index contributed by atoms with van der Waals surface area (Å²) < 4.78 is 43.2. The topological polar surface area (TPSA) is 353 Å². The highest BCUT2D eigenvalue weighted by atomic mass is 16.6. The molecule has 6 rings (SSSR count). The number of aromatic nitrogens is 6. The number of unbranched alkanes of at least 4 members (excludes halogenated alkanes) is 16. The lowest BCUT2D eigenvalue weighted by molar-refractivity contribution is -0.145. The van der Waals surface area contributed by atoms with Crippen LogP contribution in [0.1, 0.15) is 228 Å². The molecular weight excluding hydrogens is 1330 g/mol. The zero-order valence-electron chi connectivity index (χ0n) is 59.8. The standard InChI is InChI=1S/C77H106N6O20/c84-43-21-1-9-33-68(86)96-45-23-3-11-35-70(88)98-47-25-5-13-37-72(90)100-49-27-7-15-39-74(92)102-51-41-58-53-60(76(94)66(55-58)82-78-62-29-17-18-30-63(62)79-82)57-61-54-59(56-67(77(61)95)83-80-64-31-19-20-32-65(64)81-83)42-52-103-75(93)40-16-8-28-50-101-73(91)38-14-6-26-48-99-71(89)36-12-4-24-46-97-69(87)34-10-2-22-44-85/h17-20,29-32,53-56,84-85,94-95H,1-16,21-28,33-52,57H2. The molecule has 0 spiro atoms. The van der Waals surface area contributed by atoms with Gasteiger partial charge < -0.3 is 58.3 Å². The lowest BCUT2D eigenvalue weighted by atomic mass is 9.96. The zero-order chi connectivity index (χ0) is 73.5. The summed E-state index contributed by atoms with van der Waals surface area (Å²) in [4.78, 5) is 101. The van der Waals surface area contributed by atoms with Crippen molar-refractivity contribution in [2.45, 2.75) is 225 Å². The molecule has 0 saturated carbocycles. The summed E-state index contributed by atoms with van der Waals surface area (Å²) in [6, 6.07) is 21.6. The zero-order valence-corrected chi connectivity index (χ0v) is 59.8. The average Bonchev–Trinajstić information content (AvgIpc) is 1.74. The Balaban J connectivity index is 0.888. The Morgan fingerprint density at radius 3 is 0.748 bits per heavy atom. The van der Waals surface area contributed by atoms with Crippen LogP contribution in [0, 0.1) is 0 Å². The van der Waals surface area contributed by atoms with Crippen molar-refractivity contribution in [3.8, 4) is 22.9 Å². The molecule has 0 unspecified atom stereocenters. The fourth-order valence-corrected chi connectivity index (χ4v) is 11.2. The van der Waals surface area contributed by atoms with E-state index in [1.807, 2.05) is 24.3 Å². The van der Waals surface area contributed by atoms with Crippen LogP contribution in [0.25, 0.3) is 33.4 Å². The van der Waals surface area contributed by atoms with Crippen LogP contribution in [-0.2, 0) is 95.5 Å². The van der Waals surface area contributed by atoms with E-state index in [4.69, 9.17) is 48.1 Å². The van der Waals surface area contributed by atoms with Crippen molar-refractivity contribution in [3.63, 3.8) is 0 Å². The number of phenolic OH excluding ortho intramolecular Hbond substituents is 2. The van der Waals surface area contributed by atoms with E-state index in [1.54, 1.807) is 48.5 Å². The number of ether oxygens (including phenoxy) is 8. The van der Waals surface area contributed by atoms with Crippen LogP contribution in [-0.4, -0.2) is 164 Å². The molecule has 0 bridgehead atoms. The summed E-state index contributed by atoms with van der Waals surface area (Å²) in [6.45, 7) is 1.95. The van der Waals surface area contributed by atoms with Crippen molar-refractivity contribution >= 4 is 69.8 Å². The minimum Gasteiger partial charge on any atom is -0.505 e. The average molecular weight is 1440 g/mol. The fraction of sp³-hybridized carbons (Fsp3) is 0.584. The first-order valence-electron chi connectivity index (χ1n) is 37.0. The summed E-state index contributed by atoms with van der Waals surface area (Å²) in [5, 5.41) is 60.3. The minimum atomic E-state index is -0.392. The van der Waals surface area contributed by atoms with Gasteiger partial charge in [-0.05, 0) is 189 Å². The Morgan fingerprint density at radius 2 is 0.515 bits per heavy atom. The van der Waals surface area contributed by atoms with Crippen LogP contribution in [0.15, 0.2) is 72.8 Å². The number of carbonyl (C=O) groups excluding carboxylic acids is 8. The predicted octanol–water partition coefficient (Wildman–Crippen LogP) is 12.1. The second-order valence-corrected chi connectivity index (χ2v) is 25.6. The van der Waals surface area contributed by atoms with Crippen molar-refractivity contribution in [2.24, 2.45) is 0 Å². The molecule has 0 radical (unpaired) electrons. The monoisotopic (exact) mass is 1430 g/mol. The minimum absolute atomic E-state index is 0.00502. The summed E-state index contributed by atoms with van der Waals surface area (Å²) in [5.41, 5.74) is 5.12. The van der Waals surface area contributed by atoms with Crippen LogP contribution in [0.2, 0.25) is 0 Å². The number of aliphatic hydroxyl groups excluding tert-OH is 2. The Kier molecular flexibility index (Phi) is 39.9. The lowest BCUT2D eigenvalue weighted by Crippen LogP contribution is -2.10. The predicted molar refractivity (Wildman–Crippen MR) is 381 cm³/mol. The number of nitrogens with zero attached hydrogens (tertiary/aromatic N) is 6. The summed E-state index contributed by atoms with van der Waals surface area (Å²) in [6.07, 6.45) is 18.4. The number of hydrogen-bond donors (Lipinski definition) is 4. The molecule has 0 amide bonds. The number of carbonyl (C=O) groups is 8. The first kappa shape index (κ1) is 82.9. The second-order valence-electron chi connectivity index (χ2n) is 25.6. The number of hydrogen-bond acceptors (Lipinski definition) is 24. The van der Waals surface area contributed by atoms with Gasteiger partial charge in [0.05, 0.1) is 52.9 Å². The van der Waals surface area contributed by atoms with E-state index in [0.717, 1.165) is 25.7 Å². The fourth-order valence-electron chi connectivity index (χ4n) is 11.2. The van der Waals surface area contributed by atoms with Gasteiger partial charge in [-0.1, -0.05) is 49.2 Å². The Bertz CT molecular complexity index is 3260. The Morgan fingerprint density at radius 1 is 0.291 bits per heavy atom. The van der Waals surface area contributed by atoms with E-state index in [1.165, 1.54) is 9.59 Å². The lowest BCUT2D eigenvalue weighted by Gasteiger charge is -2.16. The van der Waals surface area contributed by atoms with Gasteiger partial charge in [-0.25, -0.2) is 0 Å². The van der Waals surface area contributed by atoms with Crippen molar-refractivity contribution < 1.29 is 96.7 Å². The SMILES string of the molecule is O=C(CCCCCO)OCCCCCC(=O)OCCCCCC(=O)OCCCCCC(=O)OCCc1cc(Cc2cc(CCOC(=O)CCCCCOC(=O)CCCCCOC(=O)CCCCCOC(=O)CCCCCO)cc(-n3nc4ccccc4n3)c2O)c(O)c(-n2nc3ccccc3n2)c1. The van der Waals surface area contributed by atoms with Crippen LogP contribution in [0.3, 0.4) is 0 Å². The number of fused-ring (bicyclic) bond motifs is 2. The number of phenols is 2. The molecule has 6 aromatic rings. The third kappa shape index (κ3) is 33.7. The van der Waals surface area contributed by atoms with Crippen LogP contribution in [0.5, 0.6) is 11.5 Å². The quantitative estimate of drug-likeness (QED) is 0.0156. The van der Waals surface area contributed by atoms with Crippen LogP contribution < -0.4 is 0 Å². The van der Waals surface area contributed by atoms with E-state index < -0.39 is 11.9 Å². The molecule has 0 saturated heterocycles. The van der Waals surface area contributed by atoms with Crippen molar-refractivity contribution in [1.82, 2.24) is 30.0 Å². The van der Waals surface area contributed by atoms with Gasteiger partial charge in [0.2, 0.25) is 0 Å². The molecule has 0 fully saturated rings. The number of rotatable bonds is 56. The van der Waals surface area contributed by atoms with Gasteiger partial charge >= 0.3 is 47.8 Å². The Labute approximate surface area is 602 Å². The largest absolute Gasteiger partial charge is 0.505 e. The third-order valence-corrected chi connectivity index (χ3v) is 17.0. The van der Waals surface area contributed by atoms with Crippen LogP contribution in [0.4, 0.5) is 0 Å². The maximum absolute atomic E-state index is 13.0. The normalized spacial score (nSPS) is 11.2. The summed E-state index contributed by atoms with van der Waals surface area (Å²) >= 11 is 0. The molecule has 4 aromatic carbocycles. The highest BCUT2D eigenvalue weighted by Gasteiger charge is 2.22. The molecule has 2 heterocycles. The third-order valence-electron chi connectivity index (χ3n) is 17.0. The molecule has 0 aliphatic carbocycles. The van der Waals surface area contributed by atoms with E-state index in [0.29, 0.717) is 212 Å². The molecule has 0 aliphatic rings. The number of aliphatic hydroxyl groups is 2. The van der Waals surface area contributed by atoms with Crippen molar-refractivity contribution in [3.05, 3.63) is 95.1 Å². The van der Waals surface area contributed by atoms with Gasteiger partial charge in [0.15, 0.2) is 0 Å². The van der Waals surface area contributed by atoms with Gasteiger partial charge in [0.25, 0.3) is 0 Å². The van der Waals surface area contributed by atoms with Gasteiger partial charge in [-0.2, -0.15) is 0 Å². The molecule has 4 N–H and O–H groups in total. The molecule has 103 heavy (non-hydrogen) atoms. The molecule has 0 atom stereocenters. The van der Waals surface area contributed by atoms with E-state index in [-0.39, 0.29) is 156 Å². The van der Waals surface area contributed by atoms with Gasteiger partial charge in [-0.3, -0.25) is 38.4 Å². The van der Waals surface area contributed by atoms with E-state index >= 15 is 0 Å². The highest BCUT2D eigenvalue weighted by molar-refractivity contribution is 5.76. The van der Waals surface area contributed by atoms with Gasteiger partial charge in [-0.15, -0.1) is 30.0 Å². The molecule has 26 heteroatoms. The number of benzene rings is 4. The van der Waals surface area contributed by atoms with Gasteiger partial charge in [0, 0.05) is 95.0 Å². The molecule has 0 aliphatic heterocycles. The maximum atomic E-state index is 13.0. The smallest absolute Gasteiger partial charge is 0.305 e. The number of aromatic hydroxyl groups is 2. The van der Waals surface area contributed by atoms with Crippen molar-refractivity contribution in [2.75, 3.05) is 66.1 Å². The summed E-state index contributed by atoms with van der Waals surface area (Å²) in [5.74, 6) is -2.73. The first-order valence-corrected chi connectivity index (χ1v) is 37.0. The van der Waals surface area contributed by atoms with Gasteiger partial charge in [0.1, 0.15) is 44.9 Å². The number of esters is 8. The first-order chi connectivity index (χ1) is 50.2. The molecular formula is C77H106N6O20. The second kappa shape index (κ2) is 49.5. The van der Waals surface area contributed by atoms with E-state index in [9.17, 15) is 48.6 Å². The summed E-state index contributed by atoms with van der Waals surface area (Å²) in [7, 11) is 0. The van der Waals surface area contributed by atoms with Crippen LogP contribution >= 0.6 is 0 Å². The molecule has 26 nitrogen and oxygen atoms in total. The molecule has 564 valence electrons. The van der Waals surface area contributed by atoms with Crippen molar-refractivity contribution in [1.29, 1.82) is 0 Å².